The highest BCUT2D eigenvalue weighted by Gasteiger charge is 2.03. The number of anilines is 1. The molecule has 0 heterocycles. The van der Waals surface area contributed by atoms with Crippen LogP contribution in [-0.2, 0) is 4.79 Å². The van der Waals surface area contributed by atoms with Crippen molar-refractivity contribution in [2.24, 2.45) is 0 Å². The second-order valence-corrected chi connectivity index (χ2v) is 3.57. The molecule has 0 bridgehead atoms. The predicted molar refractivity (Wildman–Crippen MR) is 62.3 cm³/mol. The Morgan fingerprint density at radius 2 is 1.67 bits per heavy atom. The summed E-state index contributed by atoms with van der Waals surface area (Å²) in [4.78, 5) is 11.5. The topological polar surface area (TPSA) is 41.1 Å². The van der Waals surface area contributed by atoms with E-state index in [1.165, 1.54) is 0 Å². The highest BCUT2D eigenvalue weighted by atomic mass is 16.2. The number of carbonyl (C=O) groups excluding carboxylic acids is 1. The minimum Gasteiger partial charge on any atom is -0.298 e. The first kappa shape index (κ1) is 11.3. The van der Waals surface area contributed by atoms with Crippen LogP contribution in [-0.4, -0.2) is 5.91 Å². The highest BCUT2D eigenvalue weighted by molar-refractivity contribution is 5.94. The van der Waals surface area contributed by atoms with E-state index >= 15 is 0 Å². The largest absolute Gasteiger partial charge is 0.298 e. The van der Waals surface area contributed by atoms with E-state index in [1.54, 1.807) is 6.92 Å². The maximum absolute atomic E-state index is 11.5. The van der Waals surface area contributed by atoms with Crippen LogP contribution in [0.4, 0.5) is 5.69 Å². The van der Waals surface area contributed by atoms with Crippen LogP contribution >= 0.6 is 0 Å². The Balaban J connectivity index is 2.52. The second kappa shape index (κ2) is 5.20. The van der Waals surface area contributed by atoms with Crippen molar-refractivity contribution in [3.63, 3.8) is 0 Å². The highest BCUT2D eigenvalue weighted by Crippen LogP contribution is 2.04. The molecule has 0 spiro atoms. The van der Waals surface area contributed by atoms with Crippen molar-refractivity contribution in [3.8, 4) is 0 Å². The first-order valence-electron chi connectivity index (χ1n) is 4.86. The molecule has 2 N–H and O–H groups in total. The van der Waals surface area contributed by atoms with E-state index in [1.807, 2.05) is 44.2 Å². The third-order valence-corrected chi connectivity index (χ3v) is 2.18. The first-order valence-corrected chi connectivity index (χ1v) is 4.86. The van der Waals surface area contributed by atoms with Crippen molar-refractivity contribution in [1.82, 2.24) is 5.43 Å². The SMILES string of the molecule is CC(C)=C(C)C(=O)NNc1ccccc1. The Kier molecular flexibility index (Phi) is 3.92. The van der Waals surface area contributed by atoms with Gasteiger partial charge in [0.2, 0.25) is 0 Å². The number of carbonyl (C=O) groups is 1. The van der Waals surface area contributed by atoms with Gasteiger partial charge in [0.1, 0.15) is 0 Å². The number of amides is 1. The third-order valence-electron chi connectivity index (χ3n) is 2.18. The van der Waals surface area contributed by atoms with E-state index in [-0.39, 0.29) is 5.91 Å². The van der Waals surface area contributed by atoms with Gasteiger partial charge in [-0.15, -0.1) is 0 Å². The van der Waals surface area contributed by atoms with Gasteiger partial charge in [0.25, 0.3) is 5.91 Å². The Morgan fingerprint density at radius 1 is 1.07 bits per heavy atom. The number of hydrogen-bond acceptors (Lipinski definition) is 2. The number of allylic oxidation sites excluding steroid dienone is 1. The fraction of sp³-hybridized carbons (Fsp3) is 0.250. The molecule has 0 unspecified atom stereocenters. The van der Waals surface area contributed by atoms with Crippen LogP contribution in [0.3, 0.4) is 0 Å². The summed E-state index contributed by atoms with van der Waals surface area (Å²) in [7, 11) is 0. The second-order valence-electron chi connectivity index (χ2n) is 3.57. The summed E-state index contributed by atoms with van der Waals surface area (Å²) in [6.07, 6.45) is 0. The zero-order chi connectivity index (χ0) is 11.3. The molecule has 0 saturated carbocycles. The molecular formula is C12H16N2O. The van der Waals surface area contributed by atoms with Crippen molar-refractivity contribution >= 4 is 11.6 Å². The molecule has 1 aromatic rings. The maximum Gasteiger partial charge on any atom is 0.265 e. The lowest BCUT2D eigenvalue weighted by Gasteiger charge is -2.09. The zero-order valence-corrected chi connectivity index (χ0v) is 9.29. The molecule has 3 heteroatoms. The maximum atomic E-state index is 11.5. The van der Waals surface area contributed by atoms with Crippen LogP contribution in [0.5, 0.6) is 0 Å². The lowest BCUT2D eigenvalue weighted by Crippen LogP contribution is -2.30. The van der Waals surface area contributed by atoms with Crippen molar-refractivity contribution in [2.75, 3.05) is 5.43 Å². The molecule has 80 valence electrons. The summed E-state index contributed by atoms with van der Waals surface area (Å²) >= 11 is 0. The fourth-order valence-electron chi connectivity index (χ4n) is 0.971. The van der Waals surface area contributed by atoms with Gasteiger partial charge < -0.3 is 0 Å². The van der Waals surface area contributed by atoms with Gasteiger partial charge in [0, 0.05) is 5.57 Å². The van der Waals surface area contributed by atoms with E-state index < -0.39 is 0 Å². The molecule has 0 radical (unpaired) electrons. The molecule has 1 rings (SSSR count). The lowest BCUT2D eigenvalue weighted by atomic mass is 10.2. The van der Waals surface area contributed by atoms with Gasteiger partial charge >= 0.3 is 0 Å². The van der Waals surface area contributed by atoms with Gasteiger partial charge in [0.05, 0.1) is 5.69 Å². The van der Waals surface area contributed by atoms with Crippen LogP contribution < -0.4 is 10.9 Å². The van der Waals surface area contributed by atoms with Crippen LogP contribution in [0.1, 0.15) is 20.8 Å². The molecule has 0 fully saturated rings. The van der Waals surface area contributed by atoms with Crippen LogP contribution in [0, 0.1) is 0 Å². The molecule has 0 aliphatic rings. The van der Waals surface area contributed by atoms with Gasteiger partial charge in [-0.25, -0.2) is 0 Å². The number of benzene rings is 1. The fourth-order valence-corrected chi connectivity index (χ4v) is 0.971. The van der Waals surface area contributed by atoms with E-state index in [9.17, 15) is 4.79 Å². The summed E-state index contributed by atoms with van der Waals surface area (Å²) in [5.74, 6) is -0.0983. The van der Waals surface area contributed by atoms with Crippen LogP contribution in [0.15, 0.2) is 41.5 Å². The third kappa shape index (κ3) is 3.46. The minimum atomic E-state index is -0.0983. The Morgan fingerprint density at radius 3 is 2.20 bits per heavy atom. The molecule has 15 heavy (non-hydrogen) atoms. The van der Waals surface area contributed by atoms with Gasteiger partial charge in [-0.05, 0) is 32.9 Å². The summed E-state index contributed by atoms with van der Waals surface area (Å²) in [6, 6.07) is 9.51. The molecule has 0 aliphatic carbocycles. The summed E-state index contributed by atoms with van der Waals surface area (Å²) in [5, 5.41) is 0. The van der Waals surface area contributed by atoms with Gasteiger partial charge in [-0.1, -0.05) is 23.8 Å². The van der Waals surface area contributed by atoms with Crippen molar-refractivity contribution in [2.45, 2.75) is 20.8 Å². The normalized spacial score (nSPS) is 9.27. The smallest absolute Gasteiger partial charge is 0.265 e. The Bertz CT molecular complexity index is 364. The summed E-state index contributed by atoms with van der Waals surface area (Å²) in [6.45, 7) is 5.63. The van der Waals surface area contributed by atoms with Crippen LogP contribution in [0.2, 0.25) is 0 Å². The Hall–Kier alpha value is -1.77. The van der Waals surface area contributed by atoms with E-state index in [0.717, 1.165) is 16.8 Å². The average Bonchev–Trinajstić information content (AvgIpc) is 2.26. The molecule has 0 saturated heterocycles. The van der Waals surface area contributed by atoms with Gasteiger partial charge in [0.15, 0.2) is 0 Å². The molecule has 0 aliphatic heterocycles. The number of rotatable bonds is 3. The van der Waals surface area contributed by atoms with Crippen molar-refractivity contribution in [3.05, 3.63) is 41.5 Å². The van der Waals surface area contributed by atoms with Gasteiger partial charge in [-0.2, -0.15) is 0 Å². The standard InChI is InChI=1S/C12H16N2O/c1-9(2)10(3)12(15)14-13-11-7-5-4-6-8-11/h4-8,13H,1-3H3,(H,14,15). The van der Waals surface area contributed by atoms with E-state index in [4.69, 9.17) is 0 Å². The predicted octanol–water partition coefficient (Wildman–Crippen LogP) is 2.49. The van der Waals surface area contributed by atoms with Gasteiger partial charge in [-0.3, -0.25) is 15.6 Å². The average molecular weight is 204 g/mol. The summed E-state index contributed by atoms with van der Waals surface area (Å²) < 4.78 is 0. The molecular weight excluding hydrogens is 188 g/mol. The zero-order valence-electron chi connectivity index (χ0n) is 9.29. The summed E-state index contributed by atoms with van der Waals surface area (Å²) in [5.41, 5.74) is 8.10. The van der Waals surface area contributed by atoms with Crippen molar-refractivity contribution in [1.29, 1.82) is 0 Å². The monoisotopic (exact) mass is 204 g/mol. The lowest BCUT2D eigenvalue weighted by molar-refractivity contribution is -0.117. The minimum absolute atomic E-state index is 0.0983. The van der Waals surface area contributed by atoms with E-state index in [2.05, 4.69) is 10.9 Å². The van der Waals surface area contributed by atoms with Crippen molar-refractivity contribution < 1.29 is 4.79 Å². The molecule has 3 nitrogen and oxygen atoms in total. The van der Waals surface area contributed by atoms with Crippen LogP contribution in [0.25, 0.3) is 0 Å². The Labute approximate surface area is 90.2 Å². The molecule has 1 amide bonds. The first-order chi connectivity index (χ1) is 7.11. The van der Waals surface area contributed by atoms with E-state index in [0.29, 0.717) is 0 Å². The molecule has 0 atom stereocenters. The number of nitrogens with one attached hydrogen (secondary N) is 2. The number of hydrazine groups is 1. The quantitative estimate of drug-likeness (QED) is 0.586. The number of hydrogen-bond donors (Lipinski definition) is 2. The number of para-hydroxylation sites is 1. The molecule has 1 aromatic carbocycles. The molecule has 0 aromatic heterocycles.